The van der Waals surface area contributed by atoms with Gasteiger partial charge in [0.15, 0.2) is 0 Å². The topological polar surface area (TPSA) is 113 Å². The van der Waals surface area contributed by atoms with Crippen LogP contribution in [0, 0.1) is 11.3 Å². The SMILES string of the molecule is N#Cc1ccccc1-c1cc(COCC(N)(CO)Cc2ccccc2)cc(C(=O)N2CCCC2c2ccco2)c1. The number of carbonyl (C=O) groups excluding carboxylic acids is 1. The number of rotatable bonds is 10. The number of carbonyl (C=O) groups is 1. The predicted octanol–water partition coefficient (Wildman–Crippen LogP) is 5.24. The highest BCUT2D eigenvalue weighted by Gasteiger charge is 2.33. The van der Waals surface area contributed by atoms with E-state index in [4.69, 9.17) is 14.9 Å². The number of benzene rings is 3. The van der Waals surface area contributed by atoms with Crippen LogP contribution in [-0.2, 0) is 17.8 Å². The van der Waals surface area contributed by atoms with Gasteiger partial charge in [-0.2, -0.15) is 5.26 Å². The lowest BCUT2D eigenvalue weighted by Crippen LogP contribution is -2.50. The number of nitrogens with two attached hydrogens (primary N) is 1. The van der Waals surface area contributed by atoms with Crippen LogP contribution in [0.25, 0.3) is 11.1 Å². The van der Waals surface area contributed by atoms with E-state index in [9.17, 15) is 15.2 Å². The molecule has 7 heteroatoms. The van der Waals surface area contributed by atoms with Crippen molar-refractivity contribution < 1.29 is 19.1 Å². The second-order valence-electron chi connectivity index (χ2n) is 10.4. The van der Waals surface area contributed by atoms with Crippen molar-refractivity contribution in [1.82, 2.24) is 4.90 Å². The van der Waals surface area contributed by atoms with Crippen molar-refractivity contribution in [2.45, 2.75) is 37.5 Å². The van der Waals surface area contributed by atoms with Crippen LogP contribution >= 0.6 is 0 Å². The highest BCUT2D eigenvalue weighted by atomic mass is 16.5. The summed E-state index contributed by atoms with van der Waals surface area (Å²) in [7, 11) is 0. The molecule has 0 bridgehead atoms. The smallest absolute Gasteiger partial charge is 0.254 e. The lowest BCUT2D eigenvalue weighted by atomic mass is 9.93. The van der Waals surface area contributed by atoms with E-state index in [1.807, 2.05) is 83.8 Å². The zero-order valence-electron chi connectivity index (χ0n) is 22.3. The fourth-order valence-corrected chi connectivity index (χ4v) is 5.37. The maximum Gasteiger partial charge on any atom is 0.254 e. The molecule has 204 valence electrons. The second-order valence-corrected chi connectivity index (χ2v) is 10.4. The van der Waals surface area contributed by atoms with Crippen LogP contribution in [0.4, 0.5) is 0 Å². The molecule has 3 N–H and O–H groups in total. The first kappa shape index (κ1) is 27.4. The summed E-state index contributed by atoms with van der Waals surface area (Å²) in [5, 5.41) is 19.8. The van der Waals surface area contributed by atoms with Gasteiger partial charge in [0.05, 0.1) is 49.3 Å². The van der Waals surface area contributed by atoms with Crippen molar-refractivity contribution in [3.8, 4) is 17.2 Å². The first-order chi connectivity index (χ1) is 19.5. The minimum absolute atomic E-state index is 0.0935. The Morgan fingerprint density at radius 2 is 1.88 bits per heavy atom. The van der Waals surface area contributed by atoms with Gasteiger partial charge in [0.2, 0.25) is 0 Å². The Morgan fingerprint density at radius 1 is 1.07 bits per heavy atom. The predicted molar refractivity (Wildman–Crippen MR) is 152 cm³/mol. The first-order valence-electron chi connectivity index (χ1n) is 13.5. The molecule has 3 aromatic carbocycles. The fourth-order valence-electron chi connectivity index (χ4n) is 5.37. The van der Waals surface area contributed by atoms with Crippen LogP contribution in [0.1, 0.15) is 51.7 Å². The number of likely N-dealkylation sites (tertiary alicyclic amines) is 1. The maximum absolute atomic E-state index is 13.9. The second kappa shape index (κ2) is 12.3. The van der Waals surface area contributed by atoms with Crippen molar-refractivity contribution in [3.63, 3.8) is 0 Å². The van der Waals surface area contributed by atoms with E-state index in [1.165, 1.54) is 0 Å². The van der Waals surface area contributed by atoms with Crippen LogP contribution in [0.5, 0.6) is 0 Å². The monoisotopic (exact) mass is 535 g/mol. The Kier molecular flexibility index (Phi) is 8.42. The Morgan fingerprint density at radius 3 is 2.62 bits per heavy atom. The van der Waals surface area contributed by atoms with Gasteiger partial charge in [0.1, 0.15) is 5.76 Å². The molecule has 7 nitrogen and oxygen atoms in total. The van der Waals surface area contributed by atoms with Crippen molar-refractivity contribution in [2.75, 3.05) is 19.8 Å². The molecule has 1 saturated heterocycles. The summed E-state index contributed by atoms with van der Waals surface area (Å²) in [6.45, 7) is 0.733. The van der Waals surface area contributed by atoms with E-state index in [2.05, 4.69) is 6.07 Å². The molecule has 0 radical (unpaired) electrons. The number of amides is 1. The molecule has 2 heterocycles. The summed E-state index contributed by atoms with van der Waals surface area (Å²) < 4.78 is 11.7. The molecule has 0 saturated carbocycles. The molecule has 1 aliphatic heterocycles. The highest BCUT2D eigenvalue weighted by Crippen LogP contribution is 2.34. The number of ether oxygens (including phenoxy) is 1. The Labute approximate surface area is 234 Å². The number of hydrogen-bond donors (Lipinski definition) is 2. The van der Waals surface area contributed by atoms with Crippen molar-refractivity contribution >= 4 is 5.91 Å². The van der Waals surface area contributed by atoms with Gasteiger partial charge in [0, 0.05) is 12.1 Å². The molecular weight excluding hydrogens is 502 g/mol. The summed E-state index contributed by atoms with van der Waals surface area (Å²) in [6.07, 6.45) is 3.83. The molecular formula is C33H33N3O4. The summed E-state index contributed by atoms with van der Waals surface area (Å²) in [4.78, 5) is 15.7. The van der Waals surface area contributed by atoms with Crippen LogP contribution in [0.3, 0.4) is 0 Å². The number of nitriles is 1. The van der Waals surface area contributed by atoms with Crippen molar-refractivity contribution in [3.05, 3.63) is 119 Å². The van der Waals surface area contributed by atoms with Gasteiger partial charge >= 0.3 is 0 Å². The van der Waals surface area contributed by atoms with E-state index in [1.54, 1.807) is 12.3 Å². The van der Waals surface area contributed by atoms with Crippen LogP contribution < -0.4 is 5.73 Å². The molecule has 2 unspecified atom stereocenters. The average molecular weight is 536 g/mol. The Bertz CT molecular complexity index is 1480. The summed E-state index contributed by atoms with van der Waals surface area (Å²) in [5.41, 5.74) is 9.90. The standard InChI is InChI=1S/C33H33N3O4/c34-20-26-10-4-5-11-29(26)27-16-25(21-39-23-33(35,22-37)19-24-8-2-1-3-9-24)17-28(18-27)32(38)36-14-6-12-30(36)31-13-7-15-40-31/h1-5,7-11,13,15-18,30,37H,6,12,14,19,21-23,35H2. The minimum Gasteiger partial charge on any atom is -0.467 e. The van der Waals surface area contributed by atoms with Crippen molar-refractivity contribution in [2.24, 2.45) is 5.73 Å². The third kappa shape index (κ3) is 6.16. The maximum atomic E-state index is 13.9. The normalized spacial score (nSPS) is 16.4. The summed E-state index contributed by atoms with van der Waals surface area (Å²) in [5.74, 6) is 0.686. The largest absolute Gasteiger partial charge is 0.467 e. The number of aliphatic hydroxyl groups is 1. The van der Waals surface area contributed by atoms with Gasteiger partial charge in [-0.3, -0.25) is 4.79 Å². The van der Waals surface area contributed by atoms with E-state index < -0.39 is 5.54 Å². The third-order valence-corrected chi connectivity index (χ3v) is 7.36. The Hall–Kier alpha value is -4.22. The molecule has 40 heavy (non-hydrogen) atoms. The van der Waals surface area contributed by atoms with Gasteiger partial charge in [-0.15, -0.1) is 0 Å². The van der Waals surface area contributed by atoms with Gasteiger partial charge in [-0.05, 0) is 77.9 Å². The fraction of sp³-hybridized carbons (Fsp3) is 0.273. The van der Waals surface area contributed by atoms with Gasteiger partial charge in [-0.25, -0.2) is 0 Å². The molecule has 0 aliphatic carbocycles. The van der Waals surface area contributed by atoms with E-state index in [-0.39, 0.29) is 31.8 Å². The number of aliphatic hydroxyl groups excluding tert-OH is 1. The third-order valence-electron chi connectivity index (χ3n) is 7.36. The highest BCUT2D eigenvalue weighted by molar-refractivity contribution is 5.96. The van der Waals surface area contributed by atoms with Gasteiger partial charge in [-0.1, -0.05) is 48.5 Å². The molecule has 2 atom stereocenters. The van der Waals surface area contributed by atoms with Crippen LogP contribution in [0.15, 0.2) is 95.6 Å². The molecule has 4 aromatic rings. The van der Waals surface area contributed by atoms with Crippen LogP contribution in [0.2, 0.25) is 0 Å². The number of nitrogens with zero attached hydrogens (tertiary/aromatic N) is 2. The molecule has 1 amide bonds. The number of furan rings is 1. The van der Waals surface area contributed by atoms with Crippen molar-refractivity contribution in [1.29, 1.82) is 5.26 Å². The van der Waals surface area contributed by atoms with E-state index in [0.29, 0.717) is 24.1 Å². The lowest BCUT2D eigenvalue weighted by molar-refractivity contribution is 0.0457. The molecule has 1 fully saturated rings. The lowest BCUT2D eigenvalue weighted by Gasteiger charge is -2.27. The summed E-state index contributed by atoms with van der Waals surface area (Å²) >= 11 is 0. The van der Waals surface area contributed by atoms with Gasteiger partial charge < -0.3 is 24.9 Å². The van der Waals surface area contributed by atoms with E-state index in [0.717, 1.165) is 40.9 Å². The minimum atomic E-state index is -0.948. The molecule has 1 aromatic heterocycles. The molecule has 5 rings (SSSR count). The number of hydrogen-bond acceptors (Lipinski definition) is 6. The summed E-state index contributed by atoms with van der Waals surface area (Å²) in [6, 6.07) is 28.6. The quantitative estimate of drug-likeness (QED) is 0.287. The van der Waals surface area contributed by atoms with Crippen LogP contribution in [-0.4, -0.2) is 41.2 Å². The zero-order chi connectivity index (χ0) is 28.0. The molecule has 1 aliphatic rings. The zero-order valence-corrected chi connectivity index (χ0v) is 22.3. The molecule has 0 spiro atoms. The van der Waals surface area contributed by atoms with E-state index >= 15 is 0 Å². The average Bonchev–Trinajstić information content (AvgIpc) is 3.70. The first-order valence-corrected chi connectivity index (χ1v) is 13.5. The Balaban J connectivity index is 1.41. The van der Waals surface area contributed by atoms with Gasteiger partial charge in [0.25, 0.3) is 5.91 Å².